The fraction of sp³-hybridized carbons (Fsp3) is 0.100. The van der Waals surface area contributed by atoms with E-state index in [1.807, 2.05) is 36.4 Å². The zero-order valence-corrected chi connectivity index (χ0v) is 13.5. The average molecular weight is 320 g/mol. The van der Waals surface area contributed by atoms with Gasteiger partial charge in [-0.05, 0) is 49.7 Å². The van der Waals surface area contributed by atoms with Crippen molar-refractivity contribution < 1.29 is 9.18 Å². The van der Waals surface area contributed by atoms with Crippen LogP contribution in [0.1, 0.15) is 21.6 Å². The van der Waals surface area contributed by atoms with E-state index in [0.29, 0.717) is 22.5 Å². The molecule has 0 unspecified atom stereocenters. The number of carbonyl (C=O) groups excluding carboxylic acids is 1. The maximum absolute atomic E-state index is 13.2. The molecule has 0 bridgehead atoms. The van der Waals surface area contributed by atoms with E-state index in [1.165, 1.54) is 12.1 Å². The number of anilines is 1. The van der Waals surface area contributed by atoms with Crippen molar-refractivity contribution in [3.05, 3.63) is 83.3 Å². The van der Waals surface area contributed by atoms with Gasteiger partial charge in [-0.15, -0.1) is 0 Å². The van der Waals surface area contributed by atoms with Gasteiger partial charge in [-0.25, -0.2) is 4.39 Å². The first-order valence-corrected chi connectivity index (χ1v) is 7.65. The molecule has 120 valence electrons. The van der Waals surface area contributed by atoms with Crippen molar-refractivity contribution in [1.82, 2.24) is 4.98 Å². The van der Waals surface area contributed by atoms with E-state index in [0.717, 1.165) is 11.3 Å². The van der Waals surface area contributed by atoms with Crippen molar-refractivity contribution in [3.63, 3.8) is 0 Å². The number of halogens is 1. The lowest BCUT2D eigenvalue weighted by Crippen LogP contribution is -2.15. The summed E-state index contributed by atoms with van der Waals surface area (Å²) in [5.41, 5.74) is 4.24. The van der Waals surface area contributed by atoms with E-state index in [2.05, 4.69) is 10.3 Å². The van der Waals surface area contributed by atoms with E-state index in [9.17, 15) is 9.18 Å². The maximum atomic E-state index is 13.2. The Morgan fingerprint density at radius 1 is 1.00 bits per heavy atom. The Labute approximate surface area is 140 Å². The lowest BCUT2D eigenvalue weighted by atomic mass is 10.1. The summed E-state index contributed by atoms with van der Waals surface area (Å²) in [5.74, 6) is -0.579. The number of amides is 1. The van der Waals surface area contributed by atoms with E-state index in [1.54, 1.807) is 26.0 Å². The first-order valence-electron chi connectivity index (χ1n) is 7.65. The van der Waals surface area contributed by atoms with Gasteiger partial charge in [0.1, 0.15) is 5.82 Å². The predicted molar refractivity (Wildman–Crippen MR) is 93.5 cm³/mol. The van der Waals surface area contributed by atoms with E-state index in [-0.39, 0.29) is 11.7 Å². The van der Waals surface area contributed by atoms with Gasteiger partial charge in [0.25, 0.3) is 5.91 Å². The second-order valence-electron chi connectivity index (χ2n) is 5.61. The number of benzene rings is 2. The summed E-state index contributed by atoms with van der Waals surface area (Å²) in [5, 5.41) is 2.81. The smallest absolute Gasteiger partial charge is 0.257 e. The lowest BCUT2D eigenvalue weighted by Gasteiger charge is -2.11. The van der Waals surface area contributed by atoms with Crippen LogP contribution in [0.2, 0.25) is 0 Å². The predicted octanol–water partition coefficient (Wildman–Crippen LogP) is 4.76. The Kier molecular flexibility index (Phi) is 4.38. The third kappa shape index (κ3) is 3.33. The molecule has 0 saturated carbocycles. The molecule has 0 saturated heterocycles. The van der Waals surface area contributed by atoms with Crippen molar-refractivity contribution >= 4 is 11.6 Å². The lowest BCUT2D eigenvalue weighted by molar-refractivity contribution is 0.102. The van der Waals surface area contributed by atoms with Gasteiger partial charge in [0.15, 0.2) is 0 Å². The minimum atomic E-state index is -0.324. The van der Waals surface area contributed by atoms with Crippen LogP contribution >= 0.6 is 0 Å². The molecular formula is C20H17FN2O. The summed E-state index contributed by atoms with van der Waals surface area (Å²) in [6.45, 7) is 3.56. The van der Waals surface area contributed by atoms with E-state index in [4.69, 9.17) is 0 Å². The van der Waals surface area contributed by atoms with Gasteiger partial charge in [-0.2, -0.15) is 0 Å². The SMILES string of the molecule is Cc1cc(F)ccc1NC(=O)c1ccc(-c2ccccc2)nc1C. The van der Waals surface area contributed by atoms with Crippen LogP contribution in [0.3, 0.4) is 0 Å². The molecule has 0 fully saturated rings. The minimum absolute atomic E-state index is 0.255. The molecule has 24 heavy (non-hydrogen) atoms. The number of hydrogen-bond donors (Lipinski definition) is 1. The molecule has 0 atom stereocenters. The molecule has 0 aliphatic carbocycles. The van der Waals surface area contributed by atoms with Gasteiger partial charge in [0, 0.05) is 11.3 Å². The Morgan fingerprint density at radius 2 is 1.75 bits per heavy atom. The number of hydrogen-bond acceptors (Lipinski definition) is 2. The molecule has 1 N–H and O–H groups in total. The first-order chi connectivity index (χ1) is 11.5. The third-order valence-corrected chi connectivity index (χ3v) is 3.84. The fourth-order valence-corrected chi connectivity index (χ4v) is 2.53. The standard InChI is InChI=1S/C20H17FN2O/c1-13-12-16(21)8-10-18(13)23-20(24)17-9-11-19(22-14(17)2)15-6-4-3-5-7-15/h3-12H,1-2H3,(H,23,24). The summed E-state index contributed by atoms with van der Waals surface area (Å²) in [7, 11) is 0. The Hall–Kier alpha value is -3.01. The van der Waals surface area contributed by atoms with Crippen molar-refractivity contribution in [1.29, 1.82) is 0 Å². The highest BCUT2D eigenvalue weighted by atomic mass is 19.1. The van der Waals surface area contributed by atoms with Gasteiger partial charge in [-0.3, -0.25) is 9.78 Å². The van der Waals surface area contributed by atoms with Crippen molar-refractivity contribution in [3.8, 4) is 11.3 Å². The van der Waals surface area contributed by atoms with Gasteiger partial charge in [0.2, 0.25) is 0 Å². The Bertz CT molecular complexity index is 891. The summed E-state index contributed by atoms with van der Waals surface area (Å²) >= 11 is 0. The quantitative estimate of drug-likeness (QED) is 0.756. The van der Waals surface area contributed by atoms with Crippen molar-refractivity contribution in [2.24, 2.45) is 0 Å². The number of nitrogens with one attached hydrogen (secondary N) is 1. The van der Waals surface area contributed by atoms with Crippen LogP contribution in [0.5, 0.6) is 0 Å². The van der Waals surface area contributed by atoms with Gasteiger partial charge in [-0.1, -0.05) is 30.3 Å². The molecule has 2 aromatic carbocycles. The van der Waals surface area contributed by atoms with Gasteiger partial charge < -0.3 is 5.32 Å². The number of pyridine rings is 1. The third-order valence-electron chi connectivity index (χ3n) is 3.84. The molecule has 1 amide bonds. The molecule has 0 aliphatic rings. The molecule has 1 aromatic heterocycles. The number of rotatable bonds is 3. The molecule has 0 radical (unpaired) electrons. The Morgan fingerprint density at radius 3 is 2.42 bits per heavy atom. The van der Waals surface area contributed by atoms with Gasteiger partial charge in [0.05, 0.1) is 17.0 Å². The van der Waals surface area contributed by atoms with Crippen LogP contribution in [0.25, 0.3) is 11.3 Å². The van der Waals surface area contributed by atoms with Crippen molar-refractivity contribution in [2.45, 2.75) is 13.8 Å². The van der Waals surface area contributed by atoms with Crippen molar-refractivity contribution in [2.75, 3.05) is 5.32 Å². The van der Waals surface area contributed by atoms with Crippen LogP contribution in [0.4, 0.5) is 10.1 Å². The summed E-state index contributed by atoms with van der Waals surface area (Å²) in [4.78, 5) is 17.0. The van der Waals surface area contributed by atoms with Crippen LogP contribution < -0.4 is 5.32 Å². The first kappa shape index (κ1) is 15.9. The molecule has 3 nitrogen and oxygen atoms in total. The fourth-order valence-electron chi connectivity index (χ4n) is 2.53. The number of carbonyl (C=O) groups is 1. The molecule has 0 spiro atoms. The number of nitrogens with zero attached hydrogens (tertiary/aromatic N) is 1. The molecule has 4 heteroatoms. The zero-order valence-electron chi connectivity index (χ0n) is 13.5. The monoisotopic (exact) mass is 320 g/mol. The number of aromatic nitrogens is 1. The Balaban J connectivity index is 1.85. The van der Waals surface area contributed by atoms with Crippen LogP contribution in [-0.2, 0) is 0 Å². The van der Waals surface area contributed by atoms with E-state index < -0.39 is 0 Å². The second kappa shape index (κ2) is 6.62. The molecule has 0 aliphatic heterocycles. The summed E-state index contributed by atoms with van der Waals surface area (Å²) in [6.07, 6.45) is 0. The summed E-state index contributed by atoms with van der Waals surface area (Å²) < 4.78 is 13.2. The van der Waals surface area contributed by atoms with Crippen LogP contribution in [-0.4, -0.2) is 10.9 Å². The highest BCUT2D eigenvalue weighted by Gasteiger charge is 2.13. The average Bonchev–Trinajstić information content (AvgIpc) is 2.58. The van der Waals surface area contributed by atoms with Crippen LogP contribution in [0, 0.1) is 19.7 Å². The zero-order chi connectivity index (χ0) is 17.1. The molecular weight excluding hydrogens is 303 g/mol. The topological polar surface area (TPSA) is 42.0 Å². The maximum Gasteiger partial charge on any atom is 0.257 e. The highest BCUT2D eigenvalue weighted by Crippen LogP contribution is 2.21. The largest absolute Gasteiger partial charge is 0.322 e. The number of aryl methyl sites for hydroxylation is 2. The highest BCUT2D eigenvalue weighted by molar-refractivity contribution is 6.05. The second-order valence-corrected chi connectivity index (χ2v) is 5.61. The molecule has 3 rings (SSSR count). The molecule has 3 aromatic rings. The normalized spacial score (nSPS) is 10.5. The van der Waals surface area contributed by atoms with Gasteiger partial charge >= 0.3 is 0 Å². The van der Waals surface area contributed by atoms with Crippen LogP contribution in [0.15, 0.2) is 60.7 Å². The summed E-state index contributed by atoms with van der Waals surface area (Å²) in [6, 6.07) is 17.7. The minimum Gasteiger partial charge on any atom is -0.322 e. The van der Waals surface area contributed by atoms with E-state index >= 15 is 0 Å². The molecule has 1 heterocycles.